The van der Waals surface area contributed by atoms with Crippen molar-refractivity contribution in [1.82, 2.24) is 4.57 Å². The van der Waals surface area contributed by atoms with Gasteiger partial charge in [0.25, 0.3) is 10.0 Å². The van der Waals surface area contributed by atoms with Crippen LogP contribution in [0.1, 0.15) is 5.56 Å². The number of aromatic nitrogens is 1. The van der Waals surface area contributed by atoms with Crippen molar-refractivity contribution in [2.45, 2.75) is 11.8 Å². The summed E-state index contributed by atoms with van der Waals surface area (Å²) < 4.78 is 30.0. The highest BCUT2D eigenvalue weighted by atomic mass is 32.2. The number of benzene rings is 3. The zero-order valence-electron chi connectivity index (χ0n) is 15.2. The summed E-state index contributed by atoms with van der Waals surface area (Å²) in [6.07, 6.45) is 0. The minimum atomic E-state index is -3.62. The predicted molar refractivity (Wildman–Crippen MR) is 110 cm³/mol. The summed E-state index contributed by atoms with van der Waals surface area (Å²) in [6, 6.07) is 24.7. The Bertz CT molecular complexity index is 1210. The Morgan fingerprint density at radius 3 is 2.26 bits per heavy atom. The first-order valence-corrected chi connectivity index (χ1v) is 10.2. The molecule has 0 radical (unpaired) electrons. The zero-order chi connectivity index (χ0) is 19.0. The third-order valence-electron chi connectivity index (χ3n) is 4.70. The van der Waals surface area contributed by atoms with Gasteiger partial charge < -0.3 is 4.57 Å². The lowest BCUT2D eigenvalue weighted by Gasteiger charge is -2.09. The van der Waals surface area contributed by atoms with Gasteiger partial charge >= 0.3 is 0 Å². The van der Waals surface area contributed by atoms with Crippen LogP contribution in [-0.2, 0) is 17.1 Å². The number of aryl methyl sites for hydroxylation is 2. The van der Waals surface area contributed by atoms with Crippen LogP contribution < -0.4 is 4.72 Å². The number of anilines is 1. The van der Waals surface area contributed by atoms with Crippen molar-refractivity contribution in [2.24, 2.45) is 7.05 Å². The molecule has 1 heterocycles. The molecule has 4 rings (SSSR count). The summed E-state index contributed by atoms with van der Waals surface area (Å²) in [5, 5.41) is 1.06. The van der Waals surface area contributed by atoms with E-state index in [9.17, 15) is 8.42 Å². The van der Waals surface area contributed by atoms with Gasteiger partial charge in [0, 0.05) is 18.1 Å². The van der Waals surface area contributed by atoms with Crippen molar-refractivity contribution < 1.29 is 8.42 Å². The maximum absolute atomic E-state index is 12.6. The van der Waals surface area contributed by atoms with E-state index in [1.807, 2.05) is 44.3 Å². The van der Waals surface area contributed by atoms with Gasteiger partial charge in [-0.25, -0.2) is 8.42 Å². The van der Waals surface area contributed by atoms with E-state index >= 15 is 0 Å². The van der Waals surface area contributed by atoms with E-state index < -0.39 is 10.0 Å². The topological polar surface area (TPSA) is 51.1 Å². The van der Waals surface area contributed by atoms with Crippen molar-refractivity contribution in [3.8, 4) is 11.3 Å². The maximum atomic E-state index is 12.6. The SMILES string of the molecule is Cc1ccc(S(=O)(=O)Nc2ccc3cc(-c4ccccc4)n(C)c3c2)cc1. The van der Waals surface area contributed by atoms with Gasteiger partial charge in [-0.2, -0.15) is 0 Å². The first-order chi connectivity index (χ1) is 12.9. The van der Waals surface area contributed by atoms with Crippen LogP contribution in [0.5, 0.6) is 0 Å². The maximum Gasteiger partial charge on any atom is 0.261 e. The lowest BCUT2D eigenvalue weighted by Crippen LogP contribution is -2.12. The first kappa shape index (κ1) is 17.4. The van der Waals surface area contributed by atoms with E-state index in [0.29, 0.717) is 5.69 Å². The molecule has 0 unspecified atom stereocenters. The van der Waals surface area contributed by atoms with Crippen molar-refractivity contribution in [3.63, 3.8) is 0 Å². The molecular formula is C22H20N2O2S. The normalized spacial score (nSPS) is 11.6. The van der Waals surface area contributed by atoms with Crippen LogP contribution >= 0.6 is 0 Å². The van der Waals surface area contributed by atoms with Crippen LogP contribution in [0.2, 0.25) is 0 Å². The minimum Gasteiger partial charge on any atom is -0.344 e. The molecule has 0 bridgehead atoms. The van der Waals surface area contributed by atoms with E-state index in [0.717, 1.165) is 27.7 Å². The van der Waals surface area contributed by atoms with Gasteiger partial charge in [-0.1, -0.05) is 54.1 Å². The fourth-order valence-electron chi connectivity index (χ4n) is 3.21. The molecule has 0 atom stereocenters. The van der Waals surface area contributed by atoms with E-state index in [1.165, 1.54) is 0 Å². The molecule has 5 heteroatoms. The molecule has 1 aromatic heterocycles. The Morgan fingerprint density at radius 1 is 0.852 bits per heavy atom. The van der Waals surface area contributed by atoms with Gasteiger partial charge in [0.1, 0.15) is 0 Å². The molecule has 0 aliphatic heterocycles. The third kappa shape index (κ3) is 3.34. The number of hydrogen-bond donors (Lipinski definition) is 1. The van der Waals surface area contributed by atoms with E-state index in [1.54, 1.807) is 30.3 Å². The van der Waals surface area contributed by atoms with Crippen LogP contribution in [0.15, 0.2) is 83.8 Å². The highest BCUT2D eigenvalue weighted by Gasteiger charge is 2.15. The zero-order valence-corrected chi connectivity index (χ0v) is 16.0. The Labute approximate surface area is 159 Å². The molecule has 0 saturated heterocycles. The van der Waals surface area contributed by atoms with Crippen LogP contribution in [0.3, 0.4) is 0 Å². The van der Waals surface area contributed by atoms with Gasteiger partial charge in [-0.3, -0.25) is 4.72 Å². The Morgan fingerprint density at radius 2 is 1.56 bits per heavy atom. The Hall–Kier alpha value is -3.05. The van der Waals surface area contributed by atoms with Crippen LogP contribution in [0.4, 0.5) is 5.69 Å². The fourth-order valence-corrected chi connectivity index (χ4v) is 4.26. The minimum absolute atomic E-state index is 0.255. The quantitative estimate of drug-likeness (QED) is 0.548. The summed E-state index contributed by atoms with van der Waals surface area (Å²) >= 11 is 0. The molecule has 0 saturated carbocycles. The number of nitrogens with one attached hydrogen (secondary N) is 1. The van der Waals surface area contributed by atoms with Gasteiger partial charge in [0.15, 0.2) is 0 Å². The second kappa shape index (κ2) is 6.59. The fraction of sp³-hybridized carbons (Fsp3) is 0.0909. The molecule has 1 N–H and O–H groups in total. The van der Waals surface area contributed by atoms with Crippen LogP contribution in [0, 0.1) is 6.92 Å². The third-order valence-corrected chi connectivity index (χ3v) is 6.10. The van der Waals surface area contributed by atoms with E-state index in [4.69, 9.17) is 0 Å². The van der Waals surface area contributed by atoms with Gasteiger partial charge in [0.2, 0.25) is 0 Å². The smallest absolute Gasteiger partial charge is 0.261 e. The number of fused-ring (bicyclic) bond motifs is 1. The summed E-state index contributed by atoms with van der Waals surface area (Å²) in [4.78, 5) is 0.255. The van der Waals surface area contributed by atoms with Crippen molar-refractivity contribution in [3.05, 3.63) is 84.4 Å². The van der Waals surface area contributed by atoms with Gasteiger partial charge in [-0.15, -0.1) is 0 Å². The second-order valence-electron chi connectivity index (χ2n) is 6.65. The molecule has 0 aliphatic rings. The lowest BCUT2D eigenvalue weighted by atomic mass is 10.1. The van der Waals surface area contributed by atoms with Gasteiger partial charge in [-0.05, 0) is 42.8 Å². The summed E-state index contributed by atoms with van der Waals surface area (Å²) in [7, 11) is -1.63. The molecule has 0 aliphatic carbocycles. The number of hydrogen-bond acceptors (Lipinski definition) is 2. The van der Waals surface area contributed by atoms with E-state index in [2.05, 4.69) is 27.5 Å². The molecule has 4 aromatic rings. The highest BCUT2D eigenvalue weighted by molar-refractivity contribution is 7.92. The molecule has 4 nitrogen and oxygen atoms in total. The molecule has 136 valence electrons. The molecule has 0 fully saturated rings. The predicted octanol–water partition coefficient (Wildman–Crippen LogP) is 4.95. The van der Waals surface area contributed by atoms with Crippen molar-refractivity contribution in [2.75, 3.05) is 4.72 Å². The average Bonchev–Trinajstić information content (AvgIpc) is 2.99. The Kier molecular flexibility index (Phi) is 4.24. The lowest BCUT2D eigenvalue weighted by molar-refractivity contribution is 0.601. The second-order valence-corrected chi connectivity index (χ2v) is 8.33. The highest BCUT2D eigenvalue weighted by Crippen LogP contribution is 2.29. The number of nitrogens with zero attached hydrogens (tertiary/aromatic N) is 1. The van der Waals surface area contributed by atoms with Crippen LogP contribution in [0.25, 0.3) is 22.2 Å². The molecule has 27 heavy (non-hydrogen) atoms. The largest absolute Gasteiger partial charge is 0.344 e. The molecule has 0 spiro atoms. The van der Waals surface area contributed by atoms with Gasteiger partial charge in [0.05, 0.1) is 16.1 Å². The van der Waals surface area contributed by atoms with Crippen molar-refractivity contribution >= 4 is 26.6 Å². The first-order valence-electron chi connectivity index (χ1n) is 8.68. The summed E-state index contributed by atoms with van der Waals surface area (Å²) in [5.74, 6) is 0. The molecular weight excluding hydrogens is 356 g/mol. The Balaban J connectivity index is 1.71. The summed E-state index contributed by atoms with van der Waals surface area (Å²) in [5.41, 5.74) is 4.75. The average molecular weight is 376 g/mol. The number of rotatable bonds is 4. The van der Waals surface area contributed by atoms with E-state index in [-0.39, 0.29) is 4.90 Å². The monoisotopic (exact) mass is 376 g/mol. The molecule has 3 aromatic carbocycles. The van der Waals surface area contributed by atoms with Crippen molar-refractivity contribution in [1.29, 1.82) is 0 Å². The summed E-state index contributed by atoms with van der Waals surface area (Å²) in [6.45, 7) is 1.93. The number of sulfonamides is 1. The standard InChI is InChI=1S/C22H20N2O2S/c1-16-8-12-20(13-9-16)27(25,26)23-19-11-10-18-14-21(24(2)22(18)15-19)17-6-4-3-5-7-17/h3-15,23H,1-2H3. The molecule has 0 amide bonds. The van der Waals surface area contributed by atoms with Crippen LogP contribution in [-0.4, -0.2) is 13.0 Å².